The Labute approximate surface area is 406 Å². The maximum absolute atomic E-state index is 12.8. The Bertz CT molecular complexity index is 1640. The van der Waals surface area contributed by atoms with E-state index in [4.69, 9.17) is 18.9 Å². The number of carbonyl (C=O) groups is 3. The third-order valence-corrected chi connectivity index (χ3v) is 9.30. The largest absolute Gasteiger partial charge is 0.545 e. The van der Waals surface area contributed by atoms with Gasteiger partial charge in [0, 0.05) is 6.42 Å². The molecule has 67 heavy (non-hydrogen) atoms. The van der Waals surface area contributed by atoms with Crippen molar-refractivity contribution in [2.75, 3.05) is 47.5 Å². The Morgan fingerprint density at radius 2 is 0.836 bits per heavy atom. The first-order chi connectivity index (χ1) is 32.6. The summed E-state index contributed by atoms with van der Waals surface area (Å²) >= 11 is 0. The lowest BCUT2D eigenvalue weighted by molar-refractivity contribution is -0.870. The summed E-state index contributed by atoms with van der Waals surface area (Å²) in [7, 11) is 5.85. The molecule has 9 nitrogen and oxygen atoms in total. The standard InChI is InChI=1S/C58H87NO8/c1-6-8-10-12-14-16-18-20-22-23-24-25-26-27-28-29-30-31-32-33-35-37-39-41-43-45-47-49-56(61)67-54(53-66-58(57(62)63)64-51-50-59(3,4)5)52-65-55(60)48-46-44-42-40-38-36-34-21-19-17-15-13-11-9-7-2/h8-11,14-17,20-22,24-25,27-28,30-31,33-35,38-41,44,46,54,58H,6-7,12-13,18-19,23,26,29,32,36-37,42-43,45,47-53H2,1-5H3/b10-8-,11-9-,16-14-,17-15-,22-20-,25-24-,28-27-,31-30-,34-21-,35-33-,40-38-,41-39-,46-44-. The van der Waals surface area contributed by atoms with Crippen LogP contribution in [-0.2, 0) is 33.3 Å². The van der Waals surface area contributed by atoms with E-state index in [0.717, 1.165) is 89.9 Å². The van der Waals surface area contributed by atoms with E-state index in [1.807, 2.05) is 33.3 Å². The molecule has 0 heterocycles. The maximum atomic E-state index is 12.8. The van der Waals surface area contributed by atoms with Gasteiger partial charge in [0.25, 0.3) is 0 Å². The quantitative estimate of drug-likeness (QED) is 0.0196. The number of nitrogens with zero attached hydrogens (tertiary/aromatic N) is 1. The molecule has 2 unspecified atom stereocenters. The number of carbonyl (C=O) groups excluding carboxylic acids is 3. The molecule has 9 heteroatoms. The fraction of sp³-hybridized carbons (Fsp3) is 0.500. The fourth-order valence-corrected chi connectivity index (χ4v) is 5.56. The van der Waals surface area contributed by atoms with Crippen molar-refractivity contribution in [1.82, 2.24) is 0 Å². The topological polar surface area (TPSA) is 111 Å². The van der Waals surface area contributed by atoms with E-state index in [9.17, 15) is 19.5 Å². The minimum absolute atomic E-state index is 0.0394. The highest BCUT2D eigenvalue weighted by atomic mass is 16.7. The van der Waals surface area contributed by atoms with Crippen molar-refractivity contribution in [3.05, 3.63) is 158 Å². The van der Waals surface area contributed by atoms with Gasteiger partial charge in [-0.15, -0.1) is 0 Å². The van der Waals surface area contributed by atoms with E-state index in [1.54, 1.807) is 6.08 Å². The van der Waals surface area contributed by atoms with Crippen LogP contribution in [0.5, 0.6) is 0 Å². The Kier molecular flexibility index (Phi) is 43.8. The molecule has 0 aromatic carbocycles. The summed E-state index contributed by atoms with van der Waals surface area (Å²) in [4.78, 5) is 37.0. The molecule has 2 atom stereocenters. The van der Waals surface area contributed by atoms with E-state index in [-0.39, 0.29) is 32.7 Å². The smallest absolute Gasteiger partial charge is 0.309 e. The Balaban J connectivity index is 4.58. The van der Waals surface area contributed by atoms with E-state index >= 15 is 0 Å². The van der Waals surface area contributed by atoms with E-state index in [2.05, 4.69) is 154 Å². The van der Waals surface area contributed by atoms with Crippen molar-refractivity contribution in [3.63, 3.8) is 0 Å². The first-order valence-electron chi connectivity index (χ1n) is 24.6. The molecule has 0 amide bonds. The van der Waals surface area contributed by atoms with Crippen molar-refractivity contribution in [2.24, 2.45) is 0 Å². The molecular weight excluding hydrogens is 839 g/mol. The number of aliphatic carboxylic acids is 1. The minimum Gasteiger partial charge on any atom is -0.545 e. The van der Waals surface area contributed by atoms with Crippen LogP contribution in [0.4, 0.5) is 0 Å². The lowest BCUT2D eigenvalue weighted by Gasteiger charge is -2.26. The third-order valence-electron chi connectivity index (χ3n) is 9.30. The van der Waals surface area contributed by atoms with Crippen LogP contribution in [0.2, 0.25) is 0 Å². The van der Waals surface area contributed by atoms with Gasteiger partial charge in [-0.05, 0) is 103 Å². The lowest BCUT2D eigenvalue weighted by Crippen LogP contribution is -2.44. The molecule has 0 saturated carbocycles. The minimum atomic E-state index is -1.66. The number of hydrogen-bond donors (Lipinski definition) is 0. The summed E-state index contributed by atoms with van der Waals surface area (Å²) in [6.07, 6.45) is 67.5. The SMILES string of the molecule is CC/C=C\C/C=C\C/C=C\C/C=C\C/C=C\C/C=C\C/C=C\C/C=C\CCCCC(=O)OC(COC(=O)C/C=C\C/C=C\C/C=C\C/C=C\C/C=C\CC)COC(OCC[N+](C)(C)C)C(=O)[O-]. The molecule has 372 valence electrons. The summed E-state index contributed by atoms with van der Waals surface area (Å²) in [5.74, 6) is -2.54. The molecule has 0 spiro atoms. The zero-order valence-electron chi connectivity index (χ0n) is 41.9. The number of likely N-dealkylation sites (N-methyl/N-ethyl adjacent to an activating group) is 1. The molecule has 0 bridgehead atoms. The molecule has 0 aliphatic carbocycles. The first-order valence-corrected chi connectivity index (χ1v) is 24.6. The average Bonchev–Trinajstić information content (AvgIpc) is 3.29. The molecule has 0 radical (unpaired) electrons. The number of quaternary nitrogens is 1. The molecule has 0 rings (SSSR count). The van der Waals surface area contributed by atoms with Gasteiger partial charge in [0.05, 0.1) is 46.7 Å². The van der Waals surface area contributed by atoms with Crippen molar-refractivity contribution in [1.29, 1.82) is 0 Å². The van der Waals surface area contributed by atoms with Crippen molar-refractivity contribution in [3.8, 4) is 0 Å². The Morgan fingerprint density at radius 3 is 1.21 bits per heavy atom. The second kappa shape index (κ2) is 47.4. The number of rotatable bonds is 42. The summed E-state index contributed by atoms with van der Waals surface area (Å²) in [6.45, 7) is 4.29. The molecular formula is C58H87NO8. The summed E-state index contributed by atoms with van der Waals surface area (Å²) in [5, 5.41) is 11.7. The number of hydrogen-bond acceptors (Lipinski definition) is 8. The second-order valence-corrected chi connectivity index (χ2v) is 16.7. The highest BCUT2D eigenvalue weighted by molar-refractivity contribution is 5.71. The van der Waals surface area contributed by atoms with Crippen LogP contribution in [0.25, 0.3) is 0 Å². The van der Waals surface area contributed by atoms with Gasteiger partial charge < -0.3 is 33.3 Å². The highest BCUT2D eigenvalue weighted by Crippen LogP contribution is 2.09. The van der Waals surface area contributed by atoms with E-state index in [0.29, 0.717) is 23.9 Å². The number of ether oxygens (including phenoxy) is 4. The predicted octanol–water partition coefficient (Wildman–Crippen LogP) is 12.5. The van der Waals surface area contributed by atoms with Crippen LogP contribution >= 0.6 is 0 Å². The van der Waals surface area contributed by atoms with Gasteiger partial charge >= 0.3 is 11.9 Å². The Morgan fingerprint density at radius 1 is 0.463 bits per heavy atom. The van der Waals surface area contributed by atoms with Gasteiger partial charge in [-0.2, -0.15) is 0 Å². The number of carboxylic acids is 1. The van der Waals surface area contributed by atoms with Crippen molar-refractivity contribution >= 4 is 17.9 Å². The van der Waals surface area contributed by atoms with Gasteiger partial charge in [-0.25, -0.2) is 0 Å². The van der Waals surface area contributed by atoms with Crippen LogP contribution < -0.4 is 5.11 Å². The molecule has 0 fully saturated rings. The van der Waals surface area contributed by atoms with E-state index < -0.39 is 30.3 Å². The van der Waals surface area contributed by atoms with Crippen LogP contribution in [0.1, 0.15) is 129 Å². The number of allylic oxidation sites excluding steroid dienone is 25. The van der Waals surface area contributed by atoms with Crippen LogP contribution in [-0.4, -0.2) is 82.3 Å². The second-order valence-electron chi connectivity index (χ2n) is 16.7. The average molecular weight is 926 g/mol. The summed E-state index contributed by atoms with van der Waals surface area (Å²) < 4.78 is 22.4. The van der Waals surface area contributed by atoms with Gasteiger partial charge in [0.15, 0.2) is 12.4 Å². The molecule has 0 aliphatic heterocycles. The van der Waals surface area contributed by atoms with Crippen LogP contribution in [0.15, 0.2) is 158 Å². The highest BCUT2D eigenvalue weighted by Gasteiger charge is 2.21. The third kappa shape index (κ3) is 48.7. The van der Waals surface area contributed by atoms with Crippen molar-refractivity contribution in [2.45, 2.75) is 142 Å². The van der Waals surface area contributed by atoms with Gasteiger partial charge in [0.2, 0.25) is 0 Å². The van der Waals surface area contributed by atoms with Crippen LogP contribution in [0, 0.1) is 0 Å². The van der Waals surface area contributed by atoms with Crippen LogP contribution in [0.3, 0.4) is 0 Å². The molecule has 0 aromatic rings. The first kappa shape index (κ1) is 61.9. The summed E-state index contributed by atoms with van der Waals surface area (Å²) in [6, 6.07) is 0. The van der Waals surface area contributed by atoms with Crippen molar-refractivity contribution < 1.29 is 42.9 Å². The predicted molar refractivity (Wildman–Crippen MR) is 278 cm³/mol. The fourth-order valence-electron chi connectivity index (χ4n) is 5.56. The lowest BCUT2D eigenvalue weighted by atomic mass is 10.2. The van der Waals surface area contributed by atoms with Gasteiger partial charge in [-0.3, -0.25) is 9.59 Å². The molecule has 0 aromatic heterocycles. The monoisotopic (exact) mass is 926 g/mol. The Hall–Kier alpha value is -5.09. The molecule has 0 N–H and O–H groups in total. The number of carboxylic acid groups (broad SMARTS) is 1. The van der Waals surface area contributed by atoms with Gasteiger partial charge in [0.1, 0.15) is 13.2 Å². The maximum Gasteiger partial charge on any atom is 0.309 e. The van der Waals surface area contributed by atoms with E-state index in [1.165, 1.54) is 0 Å². The van der Waals surface area contributed by atoms with Gasteiger partial charge in [-0.1, -0.05) is 172 Å². The zero-order valence-corrected chi connectivity index (χ0v) is 41.9. The number of esters is 2. The normalized spacial score (nSPS) is 14.2. The zero-order chi connectivity index (χ0) is 49.2. The molecule has 0 saturated heterocycles. The number of unbranched alkanes of at least 4 members (excludes halogenated alkanes) is 2. The molecule has 0 aliphatic rings. The summed E-state index contributed by atoms with van der Waals surface area (Å²) in [5.41, 5.74) is 0.